The SMILES string of the molecule is Ic1nnc2n1CNCC2. The van der Waals surface area contributed by atoms with Crippen LogP contribution in [-0.2, 0) is 13.1 Å². The molecule has 1 aliphatic heterocycles. The minimum Gasteiger partial charge on any atom is -0.299 e. The number of fused-ring (bicyclic) bond motifs is 1. The molecule has 1 N–H and O–H groups in total. The van der Waals surface area contributed by atoms with Crippen LogP contribution in [0.4, 0.5) is 0 Å². The molecule has 0 unspecified atom stereocenters. The van der Waals surface area contributed by atoms with Gasteiger partial charge in [0.15, 0.2) is 3.83 Å². The standard InChI is InChI=1S/C5H7IN4/c6-5-9-8-4-1-2-7-3-10(4)5/h7H,1-3H2. The van der Waals surface area contributed by atoms with Crippen molar-refractivity contribution in [2.45, 2.75) is 13.1 Å². The van der Waals surface area contributed by atoms with Crippen molar-refractivity contribution in [3.63, 3.8) is 0 Å². The van der Waals surface area contributed by atoms with Gasteiger partial charge in [0, 0.05) is 35.6 Å². The molecule has 4 nitrogen and oxygen atoms in total. The summed E-state index contributed by atoms with van der Waals surface area (Å²) < 4.78 is 3.06. The molecule has 0 aromatic carbocycles. The average Bonchev–Trinajstić information content (AvgIpc) is 2.34. The lowest BCUT2D eigenvalue weighted by atomic mass is 10.3. The van der Waals surface area contributed by atoms with Crippen molar-refractivity contribution in [2.75, 3.05) is 6.54 Å². The molecule has 0 bridgehead atoms. The Bertz CT molecular complexity index is 244. The second-order valence-corrected chi connectivity index (χ2v) is 3.19. The van der Waals surface area contributed by atoms with Crippen LogP contribution in [0.2, 0.25) is 0 Å². The second kappa shape index (κ2) is 2.46. The lowest BCUT2D eigenvalue weighted by Gasteiger charge is -2.13. The molecule has 1 aromatic rings. The highest BCUT2D eigenvalue weighted by Gasteiger charge is 2.12. The van der Waals surface area contributed by atoms with Crippen LogP contribution in [0.25, 0.3) is 0 Å². The van der Waals surface area contributed by atoms with E-state index in [1.807, 2.05) is 0 Å². The maximum Gasteiger partial charge on any atom is 0.195 e. The molecule has 0 aliphatic carbocycles. The zero-order valence-corrected chi connectivity index (χ0v) is 7.50. The number of nitrogens with zero attached hydrogens (tertiary/aromatic N) is 3. The quantitative estimate of drug-likeness (QED) is 0.658. The van der Waals surface area contributed by atoms with Gasteiger partial charge in [-0.3, -0.25) is 9.88 Å². The molecular formula is C5H7IN4. The molecule has 2 heterocycles. The summed E-state index contributed by atoms with van der Waals surface area (Å²) in [5, 5.41) is 11.2. The lowest BCUT2D eigenvalue weighted by Crippen LogP contribution is -2.29. The van der Waals surface area contributed by atoms with Crippen molar-refractivity contribution >= 4 is 22.6 Å². The van der Waals surface area contributed by atoms with Gasteiger partial charge >= 0.3 is 0 Å². The summed E-state index contributed by atoms with van der Waals surface area (Å²) in [4.78, 5) is 0. The first kappa shape index (κ1) is 6.53. The highest BCUT2D eigenvalue weighted by atomic mass is 127. The number of rotatable bonds is 0. The third kappa shape index (κ3) is 0.929. The monoisotopic (exact) mass is 250 g/mol. The fraction of sp³-hybridized carbons (Fsp3) is 0.600. The highest BCUT2D eigenvalue weighted by molar-refractivity contribution is 14.1. The van der Waals surface area contributed by atoms with E-state index in [2.05, 4.69) is 42.7 Å². The van der Waals surface area contributed by atoms with Gasteiger partial charge in [-0.2, -0.15) is 0 Å². The fourth-order valence-electron chi connectivity index (χ4n) is 1.05. The Morgan fingerprint density at radius 1 is 1.50 bits per heavy atom. The smallest absolute Gasteiger partial charge is 0.195 e. The molecule has 54 valence electrons. The first-order chi connectivity index (χ1) is 4.88. The van der Waals surface area contributed by atoms with Gasteiger partial charge in [0.05, 0.1) is 6.67 Å². The maximum absolute atomic E-state index is 4.02. The Hall–Kier alpha value is -0.170. The van der Waals surface area contributed by atoms with Gasteiger partial charge in [-0.15, -0.1) is 10.2 Å². The topological polar surface area (TPSA) is 42.7 Å². The molecule has 1 aliphatic rings. The molecule has 0 radical (unpaired) electrons. The summed E-state index contributed by atoms with van der Waals surface area (Å²) in [6.45, 7) is 1.88. The summed E-state index contributed by atoms with van der Waals surface area (Å²) in [5.74, 6) is 1.10. The van der Waals surface area contributed by atoms with E-state index in [9.17, 15) is 0 Å². The van der Waals surface area contributed by atoms with E-state index in [1.165, 1.54) is 0 Å². The van der Waals surface area contributed by atoms with Gasteiger partial charge in [-0.05, 0) is 0 Å². The lowest BCUT2D eigenvalue weighted by molar-refractivity contribution is 0.480. The molecule has 0 fully saturated rings. The number of hydrogen-bond acceptors (Lipinski definition) is 3. The molecule has 0 saturated heterocycles. The van der Waals surface area contributed by atoms with E-state index in [0.717, 1.165) is 29.3 Å². The molecule has 0 saturated carbocycles. The Kier molecular flexibility index (Phi) is 1.61. The second-order valence-electron chi connectivity index (χ2n) is 2.22. The third-order valence-corrected chi connectivity index (χ3v) is 2.38. The largest absolute Gasteiger partial charge is 0.299 e. The number of nitrogens with one attached hydrogen (secondary N) is 1. The Balaban J connectivity index is 2.45. The van der Waals surface area contributed by atoms with Crippen LogP contribution in [0.3, 0.4) is 0 Å². The molecule has 1 aromatic heterocycles. The minimum atomic E-state index is 0.862. The minimum absolute atomic E-state index is 0.862. The molecule has 0 amide bonds. The van der Waals surface area contributed by atoms with Crippen molar-refractivity contribution in [1.82, 2.24) is 20.1 Å². The van der Waals surface area contributed by atoms with Crippen LogP contribution in [0, 0.1) is 3.83 Å². The van der Waals surface area contributed by atoms with Gasteiger partial charge in [-0.25, -0.2) is 0 Å². The molecular weight excluding hydrogens is 243 g/mol. The van der Waals surface area contributed by atoms with Crippen molar-refractivity contribution in [2.24, 2.45) is 0 Å². The fourth-order valence-corrected chi connectivity index (χ4v) is 1.60. The Labute approximate surface area is 72.2 Å². The summed E-state index contributed by atoms with van der Waals surface area (Å²) in [7, 11) is 0. The van der Waals surface area contributed by atoms with Crippen molar-refractivity contribution in [3.8, 4) is 0 Å². The van der Waals surface area contributed by atoms with E-state index >= 15 is 0 Å². The van der Waals surface area contributed by atoms with Crippen molar-refractivity contribution in [3.05, 3.63) is 9.66 Å². The predicted molar refractivity (Wildman–Crippen MR) is 44.4 cm³/mol. The first-order valence-corrected chi connectivity index (χ1v) is 4.24. The van der Waals surface area contributed by atoms with Crippen LogP contribution in [0.15, 0.2) is 0 Å². The number of hydrogen-bond donors (Lipinski definition) is 1. The molecule has 0 spiro atoms. The summed E-state index contributed by atoms with van der Waals surface area (Å²) in [5.41, 5.74) is 0. The van der Waals surface area contributed by atoms with Crippen molar-refractivity contribution < 1.29 is 0 Å². The zero-order valence-electron chi connectivity index (χ0n) is 5.34. The number of aromatic nitrogens is 3. The van der Waals surface area contributed by atoms with Crippen LogP contribution >= 0.6 is 22.6 Å². The summed E-state index contributed by atoms with van der Waals surface area (Å²) in [6.07, 6.45) is 0.996. The molecule has 5 heteroatoms. The molecule has 2 rings (SSSR count). The van der Waals surface area contributed by atoms with Crippen molar-refractivity contribution in [1.29, 1.82) is 0 Å². The van der Waals surface area contributed by atoms with Crippen LogP contribution in [-0.4, -0.2) is 21.3 Å². The highest BCUT2D eigenvalue weighted by Crippen LogP contribution is 2.06. The molecule has 10 heavy (non-hydrogen) atoms. The maximum atomic E-state index is 4.02. The van der Waals surface area contributed by atoms with E-state index in [-0.39, 0.29) is 0 Å². The Morgan fingerprint density at radius 2 is 2.40 bits per heavy atom. The van der Waals surface area contributed by atoms with Gasteiger partial charge in [0.2, 0.25) is 0 Å². The Morgan fingerprint density at radius 3 is 3.20 bits per heavy atom. The normalized spacial score (nSPS) is 16.9. The van der Waals surface area contributed by atoms with E-state index in [4.69, 9.17) is 0 Å². The summed E-state index contributed by atoms with van der Waals surface area (Å²) in [6, 6.07) is 0. The van der Waals surface area contributed by atoms with E-state index in [0.29, 0.717) is 0 Å². The van der Waals surface area contributed by atoms with E-state index < -0.39 is 0 Å². The molecule has 0 atom stereocenters. The third-order valence-electron chi connectivity index (χ3n) is 1.58. The van der Waals surface area contributed by atoms with Crippen LogP contribution < -0.4 is 5.32 Å². The van der Waals surface area contributed by atoms with Crippen LogP contribution in [0.5, 0.6) is 0 Å². The van der Waals surface area contributed by atoms with E-state index in [1.54, 1.807) is 0 Å². The number of halogens is 1. The first-order valence-electron chi connectivity index (χ1n) is 3.16. The van der Waals surface area contributed by atoms with Gasteiger partial charge < -0.3 is 0 Å². The van der Waals surface area contributed by atoms with Crippen LogP contribution in [0.1, 0.15) is 5.82 Å². The van der Waals surface area contributed by atoms with Gasteiger partial charge in [-0.1, -0.05) is 0 Å². The summed E-state index contributed by atoms with van der Waals surface area (Å²) >= 11 is 2.19. The average molecular weight is 250 g/mol. The predicted octanol–water partition coefficient (Wildman–Crippen LogP) is -0.0141. The van der Waals surface area contributed by atoms with Gasteiger partial charge in [0.1, 0.15) is 5.82 Å². The van der Waals surface area contributed by atoms with Gasteiger partial charge in [0.25, 0.3) is 0 Å². The zero-order chi connectivity index (χ0) is 6.97.